The number of rotatable bonds is 3. The van der Waals surface area contributed by atoms with Crippen LogP contribution in [-0.4, -0.2) is 18.3 Å². The summed E-state index contributed by atoms with van der Waals surface area (Å²) < 4.78 is 5.42. The van der Waals surface area contributed by atoms with Gasteiger partial charge in [0.25, 0.3) is 0 Å². The molecule has 0 spiro atoms. The first-order valence-corrected chi connectivity index (χ1v) is 5.42. The van der Waals surface area contributed by atoms with Crippen molar-refractivity contribution in [3.63, 3.8) is 0 Å². The van der Waals surface area contributed by atoms with Crippen molar-refractivity contribution in [2.75, 3.05) is 6.61 Å². The summed E-state index contributed by atoms with van der Waals surface area (Å²) in [6.45, 7) is 0.431. The van der Waals surface area contributed by atoms with Crippen LogP contribution in [0.15, 0.2) is 24.3 Å². The lowest BCUT2D eigenvalue weighted by Gasteiger charge is -2.16. The van der Waals surface area contributed by atoms with Crippen LogP contribution >= 0.6 is 0 Å². The van der Waals surface area contributed by atoms with Gasteiger partial charge in [-0.3, -0.25) is 9.59 Å². The highest BCUT2D eigenvalue weighted by atomic mass is 16.5. The maximum Gasteiger partial charge on any atom is 0.221 e. The Labute approximate surface area is 99.1 Å². The van der Waals surface area contributed by atoms with Crippen LogP contribution in [0.5, 0.6) is 5.75 Å². The van der Waals surface area contributed by atoms with E-state index in [1.165, 1.54) is 0 Å². The van der Waals surface area contributed by atoms with Crippen LogP contribution in [0.4, 0.5) is 0 Å². The van der Waals surface area contributed by atoms with E-state index in [0.29, 0.717) is 24.3 Å². The first-order valence-electron chi connectivity index (χ1n) is 5.42. The topological polar surface area (TPSA) is 69.4 Å². The molecule has 17 heavy (non-hydrogen) atoms. The number of carbonyl (C=O) groups is 2. The third-order valence-corrected chi connectivity index (χ3v) is 2.52. The zero-order valence-electron chi connectivity index (χ0n) is 9.31. The minimum atomic E-state index is -0.370. The molecule has 4 nitrogen and oxygen atoms in total. The minimum absolute atomic E-state index is 0.110. The number of fused-ring (bicyclic) bond motifs is 1. The van der Waals surface area contributed by atoms with Gasteiger partial charge in [0.15, 0.2) is 5.78 Å². The highest BCUT2D eigenvalue weighted by molar-refractivity contribution is 5.99. The molecule has 0 aromatic heterocycles. The Balaban J connectivity index is 2.19. The summed E-state index contributed by atoms with van der Waals surface area (Å²) in [5.41, 5.74) is 6.54. The standard InChI is InChI=1S/C13H13NO3/c14-13(16)3-1-2-9-4-5-10-11(15)6-7-17-12(10)8-9/h1-2,4-5,8H,3,6-7H2,(H2,14,16). The Bertz CT molecular complexity index is 491. The van der Waals surface area contributed by atoms with Crippen molar-refractivity contribution in [3.8, 4) is 5.75 Å². The zero-order valence-corrected chi connectivity index (χ0v) is 9.31. The molecule has 1 aliphatic heterocycles. The predicted octanol–water partition coefficient (Wildman–Crippen LogP) is 1.54. The summed E-state index contributed by atoms with van der Waals surface area (Å²) in [4.78, 5) is 22.1. The van der Waals surface area contributed by atoms with Crippen LogP contribution in [0.1, 0.15) is 28.8 Å². The monoisotopic (exact) mass is 231 g/mol. The molecule has 0 unspecified atom stereocenters. The molecule has 2 N–H and O–H groups in total. The van der Waals surface area contributed by atoms with Gasteiger partial charge in [0.1, 0.15) is 5.75 Å². The number of benzene rings is 1. The Kier molecular flexibility index (Phi) is 3.23. The molecule has 2 rings (SSSR count). The molecule has 0 bridgehead atoms. The van der Waals surface area contributed by atoms with Gasteiger partial charge in [-0.2, -0.15) is 0 Å². The number of hydrogen-bond acceptors (Lipinski definition) is 3. The van der Waals surface area contributed by atoms with Gasteiger partial charge in [-0.1, -0.05) is 18.2 Å². The Hall–Kier alpha value is -2.10. The van der Waals surface area contributed by atoms with Gasteiger partial charge in [0, 0.05) is 12.8 Å². The lowest BCUT2D eigenvalue weighted by Crippen LogP contribution is -2.15. The van der Waals surface area contributed by atoms with Gasteiger partial charge in [-0.05, 0) is 17.7 Å². The van der Waals surface area contributed by atoms with Crippen molar-refractivity contribution in [2.24, 2.45) is 5.73 Å². The van der Waals surface area contributed by atoms with E-state index in [1.807, 2.05) is 6.07 Å². The van der Waals surface area contributed by atoms with Gasteiger partial charge < -0.3 is 10.5 Å². The largest absolute Gasteiger partial charge is 0.492 e. The summed E-state index contributed by atoms with van der Waals surface area (Å²) in [6.07, 6.45) is 4.11. The number of carbonyl (C=O) groups excluding carboxylic acids is 2. The van der Waals surface area contributed by atoms with Gasteiger partial charge in [-0.25, -0.2) is 0 Å². The second kappa shape index (κ2) is 4.82. The highest BCUT2D eigenvalue weighted by Gasteiger charge is 2.17. The van der Waals surface area contributed by atoms with Gasteiger partial charge in [0.05, 0.1) is 12.2 Å². The third kappa shape index (κ3) is 2.72. The first kappa shape index (κ1) is 11.4. The van der Waals surface area contributed by atoms with E-state index in [-0.39, 0.29) is 18.1 Å². The second-order valence-corrected chi connectivity index (χ2v) is 3.85. The van der Waals surface area contributed by atoms with Crippen LogP contribution in [0.3, 0.4) is 0 Å². The maximum atomic E-state index is 11.5. The Morgan fingerprint density at radius 2 is 2.29 bits per heavy atom. The van der Waals surface area contributed by atoms with Gasteiger partial charge in [0.2, 0.25) is 5.91 Å². The van der Waals surface area contributed by atoms with E-state index >= 15 is 0 Å². The first-order chi connectivity index (χ1) is 8.16. The highest BCUT2D eigenvalue weighted by Crippen LogP contribution is 2.26. The van der Waals surface area contributed by atoms with Crippen molar-refractivity contribution in [1.82, 2.24) is 0 Å². The van der Waals surface area contributed by atoms with Crippen LogP contribution < -0.4 is 10.5 Å². The number of Topliss-reactive ketones (excluding diaryl/α,β-unsaturated/α-hetero) is 1. The number of ether oxygens (including phenoxy) is 1. The molecule has 1 aliphatic rings. The zero-order chi connectivity index (χ0) is 12.3. The molecule has 88 valence electrons. The van der Waals surface area contributed by atoms with Crippen LogP contribution in [-0.2, 0) is 4.79 Å². The fourth-order valence-corrected chi connectivity index (χ4v) is 1.69. The summed E-state index contributed by atoms with van der Waals surface area (Å²) in [5, 5.41) is 0. The summed E-state index contributed by atoms with van der Waals surface area (Å²) in [6, 6.07) is 5.37. The molecular formula is C13H13NO3. The Morgan fingerprint density at radius 1 is 1.47 bits per heavy atom. The normalized spacial score (nSPS) is 14.5. The molecule has 1 aromatic rings. The van der Waals surface area contributed by atoms with Crippen LogP contribution in [0, 0.1) is 0 Å². The lowest BCUT2D eigenvalue weighted by molar-refractivity contribution is -0.117. The SMILES string of the molecule is NC(=O)CC=Cc1ccc2c(c1)OCCC2=O. The summed E-state index contributed by atoms with van der Waals surface area (Å²) >= 11 is 0. The fraction of sp³-hybridized carbons (Fsp3) is 0.231. The van der Waals surface area contributed by atoms with Crippen LogP contribution in [0.2, 0.25) is 0 Å². The van der Waals surface area contributed by atoms with Crippen molar-refractivity contribution in [3.05, 3.63) is 35.4 Å². The number of nitrogens with two attached hydrogens (primary N) is 1. The second-order valence-electron chi connectivity index (χ2n) is 3.85. The molecule has 1 aromatic carbocycles. The predicted molar refractivity (Wildman–Crippen MR) is 63.7 cm³/mol. The quantitative estimate of drug-likeness (QED) is 0.857. The minimum Gasteiger partial charge on any atom is -0.492 e. The fourth-order valence-electron chi connectivity index (χ4n) is 1.69. The third-order valence-electron chi connectivity index (χ3n) is 2.52. The van der Waals surface area contributed by atoms with Gasteiger partial charge >= 0.3 is 0 Å². The van der Waals surface area contributed by atoms with Crippen molar-refractivity contribution < 1.29 is 14.3 Å². The van der Waals surface area contributed by atoms with Crippen molar-refractivity contribution in [2.45, 2.75) is 12.8 Å². The molecule has 0 atom stereocenters. The molecule has 0 fully saturated rings. The molecule has 0 saturated carbocycles. The van der Waals surface area contributed by atoms with E-state index in [4.69, 9.17) is 10.5 Å². The number of hydrogen-bond donors (Lipinski definition) is 1. The Morgan fingerprint density at radius 3 is 3.06 bits per heavy atom. The van der Waals surface area contributed by atoms with Crippen molar-refractivity contribution in [1.29, 1.82) is 0 Å². The number of ketones is 1. The summed E-state index contributed by atoms with van der Waals surface area (Å²) in [5.74, 6) is 0.354. The van der Waals surface area contributed by atoms with E-state index in [0.717, 1.165) is 5.56 Å². The number of primary amides is 1. The maximum absolute atomic E-state index is 11.5. The van der Waals surface area contributed by atoms with E-state index in [2.05, 4.69) is 0 Å². The average molecular weight is 231 g/mol. The molecular weight excluding hydrogens is 218 g/mol. The van der Waals surface area contributed by atoms with Crippen molar-refractivity contribution >= 4 is 17.8 Å². The summed E-state index contributed by atoms with van der Waals surface area (Å²) in [7, 11) is 0. The van der Waals surface area contributed by atoms with E-state index in [9.17, 15) is 9.59 Å². The number of amides is 1. The lowest BCUT2D eigenvalue weighted by atomic mass is 10.0. The molecule has 0 aliphatic carbocycles. The average Bonchev–Trinajstić information content (AvgIpc) is 2.29. The molecule has 1 amide bonds. The smallest absolute Gasteiger partial charge is 0.221 e. The van der Waals surface area contributed by atoms with Gasteiger partial charge in [-0.15, -0.1) is 0 Å². The van der Waals surface area contributed by atoms with E-state index < -0.39 is 0 Å². The molecule has 4 heteroatoms. The van der Waals surface area contributed by atoms with E-state index in [1.54, 1.807) is 24.3 Å². The molecule has 0 radical (unpaired) electrons. The van der Waals surface area contributed by atoms with Crippen LogP contribution in [0.25, 0.3) is 6.08 Å². The molecule has 0 saturated heterocycles. The molecule has 1 heterocycles.